The number of nitrogens with zero attached hydrogens (tertiary/aromatic N) is 4. The molecule has 6 nitrogen and oxygen atoms in total. The summed E-state index contributed by atoms with van der Waals surface area (Å²) in [5, 5.41) is 8.50. The first kappa shape index (κ1) is 32.0. The maximum atomic E-state index is 14.1. The van der Waals surface area contributed by atoms with Gasteiger partial charge < -0.3 is 15.0 Å². The van der Waals surface area contributed by atoms with Gasteiger partial charge in [-0.1, -0.05) is 21.4 Å². The monoisotopic (exact) mass is 569 g/mol. The predicted molar refractivity (Wildman–Crippen MR) is 149 cm³/mol. The zero-order chi connectivity index (χ0) is 29.4. The van der Waals surface area contributed by atoms with Crippen LogP contribution in [0.5, 0.6) is 0 Å². The Kier molecular flexibility index (Phi) is 11.3. The summed E-state index contributed by atoms with van der Waals surface area (Å²) in [6.45, 7) is 4.91. The van der Waals surface area contributed by atoms with Crippen LogP contribution in [0.25, 0.3) is 17.0 Å². The largest absolute Gasteiger partial charge is 0.416 e. The first-order chi connectivity index (χ1) is 18.2. The molecule has 1 atom stereocenters. The third-order valence-corrected chi connectivity index (χ3v) is 5.85. The highest BCUT2D eigenvalue weighted by Crippen LogP contribution is 2.40. The third kappa shape index (κ3) is 9.51. The van der Waals surface area contributed by atoms with Crippen LogP contribution in [0.2, 0.25) is 0 Å². The highest BCUT2D eigenvalue weighted by atomic mass is 31.0. The summed E-state index contributed by atoms with van der Waals surface area (Å²) in [5.74, 6) is 0.779. The number of aldehydes is 1. The van der Waals surface area contributed by atoms with Gasteiger partial charge >= 0.3 is 6.18 Å². The number of hydrogen-bond acceptors (Lipinski definition) is 4. The molecule has 3 rings (SSSR count). The van der Waals surface area contributed by atoms with Crippen molar-refractivity contribution in [3.05, 3.63) is 70.4 Å². The topological polar surface area (TPSA) is 62.5 Å². The number of aliphatic imine (C=N–C) groups is 1. The van der Waals surface area contributed by atoms with E-state index in [0.717, 1.165) is 53.9 Å². The molecule has 1 unspecified atom stereocenters. The van der Waals surface area contributed by atoms with Gasteiger partial charge in [-0.05, 0) is 75.0 Å². The van der Waals surface area contributed by atoms with E-state index in [0.29, 0.717) is 11.6 Å². The standard InChI is InChI=1S/C25H29F5N5P.C2H4O/c1-16(23(31-2)32-9-10-34(3)4)11-17-5-8-22-19(12-17)15-35(33-22)14-18-6-7-20(24(26,27)28)13-21(18)25(29,30)36;1-2-3/h5-8,11-13,15H,9-10,14,36H2,1-4H3,(H,31,32);2H,1H3/b16-11+;. The van der Waals surface area contributed by atoms with Crippen molar-refractivity contribution in [1.82, 2.24) is 20.0 Å². The highest BCUT2D eigenvalue weighted by Gasteiger charge is 2.35. The molecule has 0 fully saturated rings. The van der Waals surface area contributed by atoms with Gasteiger partial charge in [-0.3, -0.25) is 9.67 Å². The molecule has 12 heteroatoms. The Morgan fingerprint density at radius 2 is 1.82 bits per heavy atom. The number of hydrogen-bond donors (Lipinski definition) is 1. The lowest BCUT2D eigenvalue weighted by molar-refractivity contribution is -0.137. The van der Waals surface area contributed by atoms with Crippen molar-refractivity contribution in [2.75, 3.05) is 34.2 Å². The summed E-state index contributed by atoms with van der Waals surface area (Å²) >= 11 is 0. The third-order valence-electron chi connectivity index (χ3n) is 5.54. The number of carbonyl (C=O) groups is 1. The zero-order valence-electron chi connectivity index (χ0n) is 22.5. The van der Waals surface area contributed by atoms with Gasteiger partial charge in [0.1, 0.15) is 12.1 Å². The number of likely N-dealkylation sites (N-methyl/N-ethyl adjacent to an activating group) is 1. The van der Waals surface area contributed by atoms with Gasteiger partial charge in [0.2, 0.25) is 0 Å². The van der Waals surface area contributed by atoms with Crippen LogP contribution in [-0.2, 0) is 23.2 Å². The highest BCUT2D eigenvalue weighted by molar-refractivity contribution is 7.17. The lowest BCUT2D eigenvalue weighted by Crippen LogP contribution is -2.31. The SMILES string of the molecule is CC=O.CN=C(NCCN(C)C)/C(C)=C/c1ccc2nn(Cc3ccc(C(F)(F)F)cc3C(F)(F)P)cc2c1. The number of halogens is 5. The Hall–Kier alpha value is -3.17. The van der Waals surface area contributed by atoms with Crippen LogP contribution < -0.4 is 5.32 Å². The molecule has 1 heterocycles. The van der Waals surface area contributed by atoms with E-state index in [9.17, 15) is 22.0 Å². The number of nitrogens with one attached hydrogen (secondary N) is 1. The van der Waals surface area contributed by atoms with Crippen LogP contribution in [0, 0.1) is 0 Å². The van der Waals surface area contributed by atoms with Crippen molar-refractivity contribution in [2.24, 2.45) is 4.99 Å². The molecular formula is C27H33F5N5OP. The fourth-order valence-electron chi connectivity index (χ4n) is 3.75. The van der Waals surface area contributed by atoms with Crippen molar-refractivity contribution in [3.63, 3.8) is 0 Å². The summed E-state index contributed by atoms with van der Waals surface area (Å²) < 4.78 is 68.9. The zero-order valence-corrected chi connectivity index (χ0v) is 23.6. The van der Waals surface area contributed by atoms with Gasteiger partial charge in [-0.2, -0.15) is 27.1 Å². The molecule has 0 aliphatic rings. The molecule has 0 bridgehead atoms. The van der Waals surface area contributed by atoms with E-state index >= 15 is 0 Å². The Morgan fingerprint density at radius 1 is 1.15 bits per heavy atom. The summed E-state index contributed by atoms with van der Waals surface area (Å²) in [4.78, 5) is 15.2. The second-order valence-electron chi connectivity index (χ2n) is 9.00. The van der Waals surface area contributed by atoms with Gasteiger partial charge in [0.05, 0.1) is 17.6 Å². The van der Waals surface area contributed by atoms with Crippen LogP contribution in [0.3, 0.4) is 0 Å². The van der Waals surface area contributed by atoms with Gasteiger partial charge in [0, 0.05) is 37.3 Å². The average molecular weight is 570 g/mol. The van der Waals surface area contributed by atoms with Gasteiger partial charge in [-0.25, -0.2) is 0 Å². The molecule has 0 spiro atoms. The minimum absolute atomic E-state index is 0.0550. The number of carbonyl (C=O) groups excluding carboxylic acids is 1. The first-order valence-electron chi connectivity index (χ1n) is 12.0. The summed E-state index contributed by atoms with van der Waals surface area (Å²) in [5.41, 5.74) is -2.79. The minimum Gasteiger partial charge on any atom is -0.369 e. The molecule has 0 saturated heterocycles. The Balaban J connectivity index is 0.00000170. The van der Waals surface area contributed by atoms with Crippen molar-refractivity contribution in [3.8, 4) is 0 Å². The maximum Gasteiger partial charge on any atom is 0.416 e. The lowest BCUT2D eigenvalue weighted by Gasteiger charge is -2.18. The average Bonchev–Trinajstić information content (AvgIpc) is 3.22. The number of benzene rings is 2. The van der Waals surface area contributed by atoms with E-state index in [1.807, 2.05) is 45.3 Å². The Labute approximate surface area is 227 Å². The van der Waals surface area contributed by atoms with Crippen molar-refractivity contribution >= 4 is 38.3 Å². The van der Waals surface area contributed by atoms with Crippen molar-refractivity contribution in [1.29, 1.82) is 0 Å². The summed E-state index contributed by atoms with van der Waals surface area (Å²) in [6, 6.07) is 7.99. The quantitative estimate of drug-likeness (QED) is 0.122. The van der Waals surface area contributed by atoms with Gasteiger partial charge in [0.15, 0.2) is 0 Å². The molecule has 212 valence electrons. The second kappa shape index (κ2) is 13.8. The molecule has 0 amide bonds. The van der Waals surface area contributed by atoms with Gasteiger partial charge in [0.25, 0.3) is 5.66 Å². The van der Waals surface area contributed by atoms with E-state index < -0.39 is 23.0 Å². The second-order valence-corrected chi connectivity index (χ2v) is 9.73. The molecule has 0 aliphatic heterocycles. The van der Waals surface area contributed by atoms with Crippen LogP contribution >= 0.6 is 9.24 Å². The summed E-state index contributed by atoms with van der Waals surface area (Å²) in [7, 11) is 7.02. The van der Waals surface area contributed by atoms with Crippen molar-refractivity contribution < 1.29 is 26.7 Å². The molecule has 1 N–H and O–H groups in total. The molecular weight excluding hydrogens is 536 g/mol. The number of amidine groups is 1. The fourth-order valence-corrected chi connectivity index (χ4v) is 4.02. The Morgan fingerprint density at radius 3 is 2.38 bits per heavy atom. The minimum atomic E-state index is -4.71. The molecule has 1 aromatic heterocycles. The van der Waals surface area contributed by atoms with E-state index in [-0.39, 0.29) is 12.1 Å². The van der Waals surface area contributed by atoms with Crippen LogP contribution in [0.1, 0.15) is 36.1 Å². The lowest BCUT2D eigenvalue weighted by atomic mass is 10.0. The van der Waals surface area contributed by atoms with E-state index in [1.54, 1.807) is 13.2 Å². The molecule has 0 radical (unpaired) electrons. The predicted octanol–water partition coefficient (Wildman–Crippen LogP) is 5.82. The molecule has 0 saturated carbocycles. The number of fused-ring (bicyclic) bond motifs is 1. The normalized spacial score (nSPS) is 12.9. The fraction of sp³-hybridized carbons (Fsp3) is 0.370. The van der Waals surface area contributed by atoms with E-state index in [2.05, 4.69) is 20.3 Å². The van der Waals surface area contributed by atoms with E-state index in [4.69, 9.17) is 4.79 Å². The Bertz CT molecular complexity index is 1330. The van der Waals surface area contributed by atoms with Crippen LogP contribution in [-0.4, -0.2) is 61.0 Å². The van der Waals surface area contributed by atoms with Crippen LogP contribution in [0.15, 0.2) is 53.2 Å². The molecule has 0 aliphatic carbocycles. The number of aromatic nitrogens is 2. The smallest absolute Gasteiger partial charge is 0.369 e. The number of alkyl halides is 5. The number of rotatable bonds is 8. The first-order valence-corrected chi connectivity index (χ1v) is 12.6. The van der Waals surface area contributed by atoms with Crippen molar-refractivity contribution in [2.45, 2.75) is 32.2 Å². The maximum absolute atomic E-state index is 14.1. The molecule has 2 aromatic carbocycles. The molecule has 3 aromatic rings. The summed E-state index contributed by atoms with van der Waals surface area (Å²) in [6.07, 6.45) is -0.297. The van der Waals surface area contributed by atoms with Gasteiger partial charge in [-0.15, -0.1) is 0 Å². The van der Waals surface area contributed by atoms with E-state index in [1.165, 1.54) is 20.8 Å². The molecule has 39 heavy (non-hydrogen) atoms. The van der Waals surface area contributed by atoms with Crippen LogP contribution in [0.4, 0.5) is 22.0 Å².